The SMILES string of the molecule is CCCC[C@H](CC)C(=O)N(CC(=O)N(Cc1ccc2c(c1)OCO2)Cc1ccco1)CC(C)C. The first-order valence-corrected chi connectivity index (χ1v) is 12.4. The maximum Gasteiger partial charge on any atom is 0.242 e. The Bertz CT molecular complexity index is 925. The summed E-state index contributed by atoms with van der Waals surface area (Å²) >= 11 is 0. The van der Waals surface area contributed by atoms with Crippen LogP contribution in [-0.2, 0) is 22.7 Å². The van der Waals surface area contributed by atoms with Crippen molar-refractivity contribution < 1.29 is 23.5 Å². The van der Waals surface area contributed by atoms with Gasteiger partial charge in [0, 0.05) is 19.0 Å². The summed E-state index contributed by atoms with van der Waals surface area (Å²) in [7, 11) is 0. The lowest BCUT2D eigenvalue weighted by Crippen LogP contribution is -2.46. The number of ether oxygens (including phenoxy) is 2. The molecule has 1 aromatic carbocycles. The van der Waals surface area contributed by atoms with Gasteiger partial charge in [0.15, 0.2) is 11.5 Å². The molecule has 0 saturated carbocycles. The summed E-state index contributed by atoms with van der Waals surface area (Å²) in [5.74, 6) is 2.30. The second kappa shape index (κ2) is 12.5. The van der Waals surface area contributed by atoms with E-state index in [2.05, 4.69) is 27.7 Å². The molecule has 0 fully saturated rings. The number of rotatable bonds is 13. The third-order valence-corrected chi connectivity index (χ3v) is 6.06. The van der Waals surface area contributed by atoms with Crippen LogP contribution >= 0.6 is 0 Å². The van der Waals surface area contributed by atoms with Gasteiger partial charge in [-0.05, 0) is 48.6 Å². The number of nitrogens with zero attached hydrogens (tertiary/aromatic N) is 2. The lowest BCUT2D eigenvalue weighted by atomic mass is 9.97. The van der Waals surface area contributed by atoms with Crippen LogP contribution in [0.4, 0.5) is 0 Å². The van der Waals surface area contributed by atoms with Crippen molar-refractivity contribution >= 4 is 11.8 Å². The van der Waals surface area contributed by atoms with E-state index in [-0.39, 0.29) is 37.0 Å². The molecule has 1 aliphatic heterocycles. The van der Waals surface area contributed by atoms with Crippen LogP contribution in [0, 0.1) is 11.8 Å². The third-order valence-electron chi connectivity index (χ3n) is 6.06. The standard InChI is InChI=1S/C27H38N2O5/c1-5-7-9-22(6-2)27(31)29(15-20(3)4)18-26(30)28(17-23-10-8-13-32-23)16-21-11-12-24-25(14-21)34-19-33-24/h8,10-14,20,22H,5-7,9,15-19H2,1-4H3/t22-/m0/s1. The first kappa shape index (κ1) is 25.7. The van der Waals surface area contributed by atoms with Gasteiger partial charge in [-0.2, -0.15) is 0 Å². The highest BCUT2D eigenvalue weighted by molar-refractivity contribution is 5.86. The fourth-order valence-corrected chi connectivity index (χ4v) is 4.23. The Hall–Kier alpha value is -2.96. The van der Waals surface area contributed by atoms with Gasteiger partial charge in [0.1, 0.15) is 5.76 Å². The Morgan fingerprint density at radius 2 is 1.82 bits per heavy atom. The fourth-order valence-electron chi connectivity index (χ4n) is 4.23. The van der Waals surface area contributed by atoms with Crippen LogP contribution in [0.15, 0.2) is 41.0 Å². The lowest BCUT2D eigenvalue weighted by Gasteiger charge is -2.31. The molecule has 0 aliphatic carbocycles. The number of fused-ring (bicyclic) bond motifs is 1. The molecule has 34 heavy (non-hydrogen) atoms. The number of unbranched alkanes of at least 4 members (excludes halogenated alkanes) is 1. The van der Waals surface area contributed by atoms with Crippen LogP contribution in [0.5, 0.6) is 11.5 Å². The highest BCUT2D eigenvalue weighted by atomic mass is 16.7. The van der Waals surface area contributed by atoms with E-state index in [1.54, 1.807) is 16.1 Å². The Labute approximate surface area is 203 Å². The van der Waals surface area contributed by atoms with Gasteiger partial charge in [0.05, 0.1) is 19.4 Å². The number of benzene rings is 1. The van der Waals surface area contributed by atoms with E-state index < -0.39 is 0 Å². The molecule has 0 radical (unpaired) electrons. The summed E-state index contributed by atoms with van der Waals surface area (Å²) in [5.41, 5.74) is 0.931. The maximum absolute atomic E-state index is 13.6. The van der Waals surface area contributed by atoms with E-state index in [1.807, 2.05) is 30.3 Å². The van der Waals surface area contributed by atoms with Crippen LogP contribution in [-0.4, -0.2) is 41.5 Å². The van der Waals surface area contributed by atoms with Crippen molar-refractivity contribution in [1.29, 1.82) is 0 Å². The Morgan fingerprint density at radius 1 is 1.03 bits per heavy atom. The van der Waals surface area contributed by atoms with Gasteiger partial charge in [0.25, 0.3) is 0 Å². The molecule has 186 valence electrons. The van der Waals surface area contributed by atoms with Gasteiger partial charge in [-0.1, -0.05) is 46.6 Å². The molecule has 1 atom stereocenters. The van der Waals surface area contributed by atoms with Crippen molar-refractivity contribution in [3.05, 3.63) is 47.9 Å². The molecule has 7 nitrogen and oxygen atoms in total. The Kier molecular flexibility index (Phi) is 9.42. The zero-order valence-electron chi connectivity index (χ0n) is 20.9. The number of carbonyl (C=O) groups excluding carboxylic acids is 2. The van der Waals surface area contributed by atoms with Gasteiger partial charge >= 0.3 is 0 Å². The number of amides is 2. The molecule has 0 N–H and O–H groups in total. The quantitative estimate of drug-likeness (QED) is 0.400. The molecular formula is C27H38N2O5. The van der Waals surface area contributed by atoms with Crippen LogP contribution in [0.3, 0.4) is 0 Å². The summed E-state index contributed by atoms with van der Waals surface area (Å²) < 4.78 is 16.4. The van der Waals surface area contributed by atoms with E-state index in [9.17, 15) is 9.59 Å². The average molecular weight is 471 g/mol. The first-order valence-electron chi connectivity index (χ1n) is 12.4. The van der Waals surface area contributed by atoms with Gasteiger partial charge in [-0.25, -0.2) is 0 Å². The van der Waals surface area contributed by atoms with Crippen molar-refractivity contribution in [3.63, 3.8) is 0 Å². The van der Waals surface area contributed by atoms with E-state index in [4.69, 9.17) is 13.9 Å². The molecule has 0 saturated heterocycles. The van der Waals surface area contributed by atoms with E-state index in [0.29, 0.717) is 36.9 Å². The van der Waals surface area contributed by atoms with E-state index in [0.717, 1.165) is 31.2 Å². The normalized spacial score (nSPS) is 13.2. The molecule has 7 heteroatoms. The first-order chi connectivity index (χ1) is 16.4. The summed E-state index contributed by atoms with van der Waals surface area (Å²) in [6, 6.07) is 9.37. The molecular weight excluding hydrogens is 432 g/mol. The molecule has 3 rings (SSSR count). The predicted molar refractivity (Wildman–Crippen MR) is 130 cm³/mol. The predicted octanol–water partition coefficient (Wildman–Crippen LogP) is 5.24. The fraction of sp³-hybridized carbons (Fsp3) is 0.556. The van der Waals surface area contributed by atoms with Crippen LogP contribution in [0.2, 0.25) is 0 Å². The van der Waals surface area contributed by atoms with Crippen molar-refractivity contribution in [1.82, 2.24) is 9.80 Å². The number of carbonyl (C=O) groups is 2. The molecule has 2 amide bonds. The van der Waals surface area contributed by atoms with Crippen molar-refractivity contribution in [2.45, 2.75) is 66.5 Å². The minimum absolute atomic E-state index is 0.0427. The second-order valence-electron chi connectivity index (χ2n) is 9.38. The summed E-state index contributed by atoms with van der Waals surface area (Å²) in [4.78, 5) is 30.4. The largest absolute Gasteiger partial charge is 0.467 e. The van der Waals surface area contributed by atoms with Gasteiger partial charge in [0.2, 0.25) is 18.6 Å². The minimum Gasteiger partial charge on any atom is -0.467 e. The molecule has 0 spiro atoms. The van der Waals surface area contributed by atoms with Crippen molar-refractivity contribution in [2.24, 2.45) is 11.8 Å². The van der Waals surface area contributed by atoms with Crippen LogP contribution in [0.1, 0.15) is 64.7 Å². The zero-order chi connectivity index (χ0) is 24.5. The van der Waals surface area contributed by atoms with Crippen LogP contribution < -0.4 is 9.47 Å². The highest BCUT2D eigenvalue weighted by Crippen LogP contribution is 2.33. The number of hydrogen-bond donors (Lipinski definition) is 0. The molecule has 0 bridgehead atoms. The van der Waals surface area contributed by atoms with Crippen LogP contribution in [0.25, 0.3) is 0 Å². The zero-order valence-corrected chi connectivity index (χ0v) is 20.9. The number of hydrogen-bond acceptors (Lipinski definition) is 5. The van der Waals surface area contributed by atoms with E-state index in [1.165, 1.54) is 0 Å². The van der Waals surface area contributed by atoms with Crippen molar-refractivity contribution in [3.8, 4) is 11.5 Å². The van der Waals surface area contributed by atoms with Gasteiger partial charge in [-0.15, -0.1) is 0 Å². The highest BCUT2D eigenvalue weighted by Gasteiger charge is 2.27. The topological polar surface area (TPSA) is 72.2 Å². The van der Waals surface area contributed by atoms with Gasteiger partial charge in [-0.3, -0.25) is 9.59 Å². The smallest absolute Gasteiger partial charge is 0.242 e. The Balaban J connectivity index is 1.77. The monoisotopic (exact) mass is 470 g/mol. The molecule has 0 unspecified atom stereocenters. The summed E-state index contributed by atoms with van der Waals surface area (Å²) in [5, 5.41) is 0. The molecule has 1 aromatic heterocycles. The second-order valence-corrected chi connectivity index (χ2v) is 9.38. The lowest BCUT2D eigenvalue weighted by molar-refractivity contribution is -0.144. The van der Waals surface area contributed by atoms with Gasteiger partial charge < -0.3 is 23.7 Å². The Morgan fingerprint density at radius 3 is 2.50 bits per heavy atom. The third kappa shape index (κ3) is 7.02. The minimum atomic E-state index is -0.103. The number of furan rings is 1. The maximum atomic E-state index is 13.6. The molecule has 2 aromatic rings. The molecule has 1 aliphatic rings. The van der Waals surface area contributed by atoms with E-state index >= 15 is 0 Å². The summed E-state index contributed by atoms with van der Waals surface area (Å²) in [6.07, 6.45) is 5.32. The average Bonchev–Trinajstić information content (AvgIpc) is 3.49. The summed E-state index contributed by atoms with van der Waals surface area (Å²) in [6.45, 7) is 9.87. The van der Waals surface area contributed by atoms with Crippen molar-refractivity contribution in [2.75, 3.05) is 19.9 Å². The molecule has 2 heterocycles.